The Bertz CT molecular complexity index is 1200. The van der Waals surface area contributed by atoms with E-state index in [2.05, 4.69) is 0 Å². The second-order valence-electron chi connectivity index (χ2n) is 8.92. The molecule has 36 heavy (non-hydrogen) atoms. The van der Waals surface area contributed by atoms with Gasteiger partial charge in [-0.3, -0.25) is 4.79 Å². The molecule has 7 heteroatoms. The highest BCUT2D eigenvalue weighted by Crippen LogP contribution is 2.39. The molecule has 0 heterocycles. The van der Waals surface area contributed by atoms with Crippen molar-refractivity contribution in [3.05, 3.63) is 83.2 Å². The molecule has 0 bridgehead atoms. The minimum Gasteiger partial charge on any atom is -0.497 e. The highest BCUT2D eigenvalue weighted by molar-refractivity contribution is 5.75. The van der Waals surface area contributed by atoms with Gasteiger partial charge in [0.2, 0.25) is 0 Å². The van der Waals surface area contributed by atoms with Crippen LogP contribution in [0.25, 0.3) is 11.1 Å². The van der Waals surface area contributed by atoms with Gasteiger partial charge in [0.25, 0.3) is 0 Å². The van der Waals surface area contributed by atoms with E-state index in [9.17, 15) is 13.6 Å². The molecule has 0 amide bonds. The van der Waals surface area contributed by atoms with Gasteiger partial charge in [-0.25, -0.2) is 13.2 Å². The average Bonchev–Trinajstić information content (AvgIpc) is 2.90. The van der Waals surface area contributed by atoms with E-state index in [1.165, 1.54) is 12.1 Å². The average molecular weight is 499 g/mol. The normalized spacial score (nSPS) is 17.6. The third-order valence-electron chi connectivity index (χ3n) is 6.72. The predicted octanol–water partition coefficient (Wildman–Crippen LogP) is 7.20. The van der Waals surface area contributed by atoms with Gasteiger partial charge >= 0.3 is 5.97 Å². The van der Waals surface area contributed by atoms with Crippen molar-refractivity contribution in [3.63, 3.8) is 0 Å². The Hall–Kier alpha value is -3.32. The van der Waals surface area contributed by atoms with Gasteiger partial charge in [-0.05, 0) is 67.9 Å². The molecule has 3 aromatic rings. The molecule has 0 spiro atoms. The number of carbonyl (C=O) groups is 1. The maximum absolute atomic E-state index is 15.0. The summed E-state index contributed by atoms with van der Waals surface area (Å²) in [5, 5.41) is 0. The quantitative estimate of drug-likeness (QED) is 0.243. The second-order valence-corrected chi connectivity index (χ2v) is 8.92. The van der Waals surface area contributed by atoms with Gasteiger partial charge in [0.05, 0.1) is 19.6 Å². The largest absolute Gasteiger partial charge is 0.497 e. The summed E-state index contributed by atoms with van der Waals surface area (Å²) in [6, 6.07) is 14.3. The lowest BCUT2D eigenvalue weighted by molar-refractivity contribution is -0.140. The number of rotatable bonds is 8. The Balaban J connectivity index is 1.37. The molecule has 0 unspecified atom stereocenters. The second kappa shape index (κ2) is 11.6. The summed E-state index contributed by atoms with van der Waals surface area (Å²) in [5.41, 5.74) is 1.47. The van der Waals surface area contributed by atoms with Crippen molar-refractivity contribution in [1.82, 2.24) is 0 Å². The Kier molecular flexibility index (Phi) is 8.31. The molecule has 0 saturated heterocycles. The van der Waals surface area contributed by atoms with Crippen LogP contribution in [0.15, 0.2) is 54.6 Å². The van der Waals surface area contributed by atoms with E-state index in [1.807, 2.05) is 6.92 Å². The van der Waals surface area contributed by atoms with Crippen LogP contribution in [0.1, 0.15) is 49.7 Å². The number of esters is 1. The van der Waals surface area contributed by atoms with E-state index in [0.29, 0.717) is 54.7 Å². The van der Waals surface area contributed by atoms with Crippen LogP contribution in [0.4, 0.5) is 13.2 Å². The zero-order valence-electron chi connectivity index (χ0n) is 20.4. The lowest BCUT2D eigenvalue weighted by Crippen LogP contribution is -2.25. The smallest absolute Gasteiger partial charge is 0.314 e. The van der Waals surface area contributed by atoms with Gasteiger partial charge in [-0.1, -0.05) is 30.3 Å². The Morgan fingerprint density at radius 1 is 0.889 bits per heavy atom. The van der Waals surface area contributed by atoms with Crippen molar-refractivity contribution in [2.45, 2.75) is 45.1 Å². The fourth-order valence-corrected chi connectivity index (χ4v) is 4.63. The molecule has 1 aliphatic rings. The van der Waals surface area contributed by atoms with Crippen molar-refractivity contribution in [2.24, 2.45) is 5.92 Å². The molecule has 4 nitrogen and oxygen atoms in total. The molecule has 0 aliphatic heterocycles. The van der Waals surface area contributed by atoms with E-state index in [-0.39, 0.29) is 29.8 Å². The lowest BCUT2D eigenvalue weighted by Gasteiger charge is -2.28. The molecule has 1 fully saturated rings. The molecular weight excluding hydrogens is 469 g/mol. The SMILES string of the molecule is CCOCc1ccc(OC(=O)C2CCC(c3ccc(-c4ccc(OC)cc4)c(F)c3F)CC2)cc1F. The number of methoxy groups -OCH3 is 1. The molecule has 0 atom stereocenters. The van der Waals surface area contributed by atoms with E-state index >= 15 is 4.39 Å². The Labute approximate surface area is 209 Å². The first-order chi connectivity index (χ1) is 17.4. The molecule has 4 rings (SSSR count). The van der Waals surface area contributed by atoms with Gasteiger partial charge in [0.15, 0.2) is 11.6 Å². The summed E-state index contributed by atoms with van der Waals surface area (Å²) >= 11 is 0. The molecular formula is C29H29F3O4. The van der Waals surface area contributed by atoms with Gasteiger partial charge in [-0.15, -0.1) is 0 Å². The van der Waals surface area contributed by atoms with E-state index in [0.717, 1.165) is 0 Å². The highest BCUT2D eigenvalue weighted by atomic mass is 19.2. The maximum Gasteiger partial charge on any atom is 0.314 e. The van der Waals surface area contributed by atoms with Crippen molar-refractivity contribution >= 4 is 5.97 Å². The van der Waals surface area contributed by atoms with Gasteiger partial charge < -0.3 is 14.2 Å². The minimum atomic E-state index is -0.881. The first-order valence-electron chi connectivity index (χ1n) is 12.1. The molecule has 190 valence electrons. The summed E-state index contributed by atoms with van der Waals surface area (Å²) in [5.74, 6) is -2.45. The topological polar surface area (TPSA) is 44.8 Å². The first kappa shape index (κ1) is 25.8. The summed E-state index contributed by atoms with van der Waals surface area (Å²) in [6.45, 7) is 2.45. The van der Waals surface area contributed by atoms with Crippen LogP contribution >= 0.6 is 0 Å². The molecule has 3 aromatic carbocycles. The molecule has 1 aliphatic carbocycles. The van der Waals surface area contributed by atoms with E-state index in [1.54, 1.807) is 49.6 Å². The third kappa shape index (κ3) is 5.73. The standard InChI is InChI=1S/C29H29F3O4/c1-3-35-17-21-10-13-23(16-26(21)30)36-29(33)20-6-4-18(5-7-20)24-14-15-25(28(32)27(24)31)19-8-11-22(34-2)12-9-19/h8-16,18,20H,3-7,17H2,1-2H3. The van der Waals surface area contributed by atoms with Crippen molar-refractivity contribution < 1.29 is 32.2 Å². The first-order valence-corrected chi connectivity index (χ1v) is 12.1. The number of hydrogen-bond donors (Lipinski definition) is 0. The van der Waals surface area contributed by atoms with Crippen LogP contribution < -0.4 is 9.47 Å². The Morgan fingerprint density at radius 2 is 1.58 bits per heavy atom. The van der Waals surface area contributed by atoms with E-state index in [4.69, 9.17) is 14.2 Å². The highest BCUT2D eigenvalue weighted by Gasteiger charge is 2.31. The van der Waals surface area contributed by atoms with Crippen LogP contribution in [0.2, 0.25) is 0 Å². The zero-order chi connectivity index (χ0) is 25.7. The predicted molar refractivity (Wildman–Crippen MR) is 130 cm³/mol. The fraction of sp³-hybridized carbons (Fsp3) is 0.345. The molecule has 0 radical (unpaired) electrons. The van der Waals surface area contributed by atoms with Gasteiger partial charge in [-0.2, -0.15) is 0 Å². The number of carbonyl (C=O) groups excluding carboxylic acids is 1. The van der Waals surface area contributed by atoms with E-state index < -0.39 is 23.4 Å². The van der Waals surface area contributed by atoms with Crippen LogP contribution in [0, 0.1) is 23.4 Å². The number of benzene rings is 3. The lowest BCUT2D eigenvalue weighted by atomic mass is 9.78. The van der Waals surface area contributed by atoms with Crippen molar-refractivity contribution in [3.8, 4) is 22.6 Å². The van der Waals surface area contributed by atoms with Crippen LogP contribution in [0.5, 0.6) is 11.5 Å². The molecule has 0 N–H and O–H groups in total. The Morgan fingerprint density at radius 3 is 2.22 bits per heavy atom. The van der Waals surface area contributed by atoms with Crippen molar-refractivity contribution in [2.75, 3.05) is 13.7 Å². The van der Waals surface area contributed by atoms with Gasteiger partial charge in [0.1, 0.15) is 17.3 Å². The van der Waals surface area contributed by atoms with Crippen LogP contribution in [-0.4, -0.2) is 19.7 Å². The maximum atomic E-state index is 15.0. The van der Waals surface area contributed by atoms with Crippen molar-refractivity contribution in [1.29, 1.82) is 0 Å². The summed E-state index contributed by atoms with van der Waals surface area (Å²) in [4.78, 5) is 12.6. The summed E-state index contributed by atoms with van der Waals surface area (Å²) in [6.07, 6.45) is 2.02. The number of hydrogen-bond acceptors (Lipinski definition) is 4. The molecule has 1 saturated carbocycles. The molecule has 0 aromatic heterocycles. The number of ether oxygens (including phenoxy) is 3. The van der Waals surface area contributed by atoms with Crippen LogP contribution in [-0.2, 0) is 16.1 Å². The summed E-state index contributed by atoms with van der Waals surface area (Å²) in [7, 11) is 1.54. The van der Waals surface area contributed by atoms with Crippen LogP contribution in [0.3, 0.4) is 0 Å². The van der Waals surface area contributed by atoms with Gasteiger partial charge in [0, 0.05) is 23.8 Å². The zero-order valence-corrected chi connectivity index (χ0v) is 20.4. The summed E-state index contributed by atoms with van der Waals surface area (Å²) < 4.78 is 59.9. The fourth-order valence-electron chi connectivity index (χ4n) is 4.63. The monoisotopic (exact) mass is 498 g/mol. The third-order valence-corrected chi connectivity index (χ3v) is 6.72. The minimum absolute atomic E-state index is 0.141. The number of halogens is 3.